The van der Waals surface area contributed by atoms with Crippen molar-refractivity contribution in [1.29, 1.82) is 0 Å². The molecule has 1 N–H and O–H groups in total. The van der Waals surface area contributed by atoms with Crippen LogP contribution in [-0.4, -0.2) is 52.1 Å². The Morgan fingerprint density at radius 2 is 1.96 bits per heavy atom. The number of amides is 1. The summed E-state index contributed by atoms with van der Waals surface area (Å²) in [7, 11) is 1.99. The van der Waals surface area contributed by atoms with E-state index in [1.807, 2.05) is 41.6 Å². The van der Waals surface area contributed by atoms with Crippen LogP contribution in [0.4, 0.5) is 0 Å². The van der Waals surface area contributed by atoms with Crippen molar-refractivity contribution in [3.8, 4) is 0 Å². The van der Waals surface area contributed by atoms with Crippen LogP contribution in [0.25, 0.3) is 5.65 Å². The molecular formula is C16H25Cl2N5O. The van der Waals surface area contributed by atoms with Crippen LogP contribution in [0.5, 0.6) is 0 Å². The maximum absolute atomic E-state index is 12.7. The van der Waals surface area contributed by atoms with Crippen LogP contribution in [0.15, 0.2) is 18.3 Å². The zero-order valence-electron chi connectivity index (χ0n) is 14.1. The molecule has 0 atom stereocenters. The monoisotopic (exact) mass is 373 g/mol. The minimum atomic E-state index is 0. The fourth-order valence-electron chi connectivity index (χ4n) is 3.09. The van der Waals surface area contributed by atoms with E-state index in [4.69, 9.17) is 0 Å². The maximum atomic E-state index is 12.7. The van der Waals surface area contributed by atoms with E-state index in [9.17, 15) is 4.79 Å². The lowest BCUT2D eigenvalue weighted by Crippen LogP contribution is -2.39. The highest BCUT2D eigenvalue weighted by molar-refractivity contribution is 5.94. The zero-order valence-corrected chi connectivity index (χ0v) is 15.7. The van der Waals surface area contributed by atoms with Crippen molar-refractivity contribution in [1.82, 2.24) is 24.8 Å². The van der Waals surface area contributed by atoms with Gasteiger partial charge in [0, 0.05) is 19.3 Å². The largest absolute Gasteiger partial charge is 0.339 e. The summed E-state index contributed by atoms with van der Waals surface area (Å²) < 4.78 is 1.87. The Hall–Kier alpha value is -1.37. The molecule has 0 saturated carbocycles. The summed E-state index contributed by atoms with van der Waals surface area (Å²) in [4.78, 5) is 14.6. The molecule has 0 bridgehead atoms. The molecule has 0 spiro atoms. The Kier molecular flexibility index (Phi) is 7.93. The quantitative estimate of drug-likeness (QED) is 0.893. The summed E-state index contributed by atoms with van der Waals surface area (Å²) in [5.74, 6) is 1.65. The van der Waals surface area contributed by atoms with Crippen LogP contribution in [0, 0.1) is 12.8 Å². The molecule has 3 rings (SSSR count). The number of fused-ring (bicyclic) bond motifs is 1. The Morgan fingerprint density at radius 1 is 1.25 bits per heavy atom. The number of hydrogen-bond donors (Lipinski definition) is 1. The van der Waals surface area contributed by atoms with Crippen LogP contribution in [0.1, 0.15) is 35.4 Å². The SMILES string of the molecule is CNCCC1CCN(C(=O)c2ccc3nnc(C)n3c2)CC1.Cl.Cl. The molecule has 0 aromatic carbocycles. The zero-order chi connectivity index (χ0) is 15.5. The fraction of sp³-hybridized carbons (Fsp3) is 0.562. The summed E-state index contributed by atoms with van der Waals surface area (Å²) in [6.07, 6.45) is 5.24. The molecule has 24 heavy (non-hydrogen) atoms. The van der Waals surface area contributed by atoms with Crippen LogP contribution in [-0.2, 0) is 0 Å². The van der Waals surface area contributed by atoms with E-state index in [-0.39, 0.29) is 30.7 Å². The second-order valence-electron chi connectivity index (χ2n) is 6.02. The van der Waals surface area contributed by atoms with Gasteiger partial charge in [0.05, 0.1) is 5.56 Å². The normalized spacial score (nSPS) is 15.0. The van der Waals surface area contributed by atoms with Gasteiger partial charge in [0.1, 0.15) is 5.82 Å². The average Bonchev–Trinajstić information content (AvgIpc) is 2.93. The van der Waals surface area contributed by atoms with Gasteiger partial charge in [-0.2, -0.15) is 0 Å². The number of piperidine rings is 1. The Balaban J connectivity index is 0.00000144. The van der Waals surface area contributed by atoms with E-state index in [1.165, 1.54) is 6.42 Å². The van der Waals surface area contributed by atoms with Crippen molar-refractivity contribution < 1.29 is 4.79 Å². The fourth-order valence-corrected chi connectivity index (χ4v) is 3.09. The number of likely N-dealkylation sites (tertiary alicyclic amines) is 1. The number of carbonyl (C=O) groups excluding carboxylic acids is 1. The number of pyridine rings is 1. The minimum Gasteiger partial charge on any atom is -0.339 e. The van der Waals surface area contributed by atoms with E-state index in [1.54, 1.807) is 0 Å². The predicted octanol–water partition coefficient (Wildman–Crippen LogP) is 2.34. The number of nitrogens with zero attached hydrogens (tertiary/aromatic N) is 4. The smallest absolute Gasteiger partial charge is 0.255 e. The van der Waals surface area contributed by atoms with Crippen LogP contribution >= 0.6 is 24.8 Å². The molecule has 2 aromatic heterocycles. The van der Waals surface area contributed by atoms with Crippen LogP contribution < -0.4 is 5.32 Å². The molecule has 0 aliphatic carbocycles. The summed E-state index contributed by atoms with van der Waals surface area (Å²) in [5.41, 5.74) is 1.49. The van der Waals surface area contributed by atoms with Crippen LogP contribution in [0.3, 0.4) is 0 Å². The third kappa shape index (κ3) is 4.37. The first kappa shape index (κ1) is 20.7. The van der Waals surface area contributed by atoms with Gasteiger partial charge in [0.25, 0.3) is 5.91 Å². The second kappa shape index (κ2) is 9.20. The van der Waals surface area contributed by atoms with Crippen molar-refractivity contribution in [3.63, 3.8) is 0 Å². The lowest BCUT2D eigenvalue weighted by atomic mass is 9.93. The molecule has 1 aliphatic heterocycles. The molecule has 1 aliphatic rings. The number of aromatic nitrogens is 3. The molecule has 6 nitrogen and oxygen atoms in total. The van der Waals surface area contributed by atoms with Crippen LogP contribution in [0.2, 0.25) is 0 Å². The minimum absolute atomic E-state index is 0. The van der Waals surface area contributed by atoms with Crippen molar-refractivity contribution >= 4 is 36.4 Å². The molecule has 1 fully saturated rings. The van der Waals surface area contributed by atoms with Crippen molar-refractivity contribution in [2.75, 3.05) is 26.7 Å². The maximum Gasteiger partial charge on any atom is 0.255 e. The second-order valence-corrected chi connectivity index (χ2v) is 6.02. The van der Waals surface area contributed by atoms with Gasteiger partial charge in [-0.15, -0.1) is 35.0 Å². The standard InChI is InChI=1S/C16H23N5O.2ClH/c1-12-18-19-15-4-3-14(11-21(12)15)16(22)20-9-6-13(7-10-20)5-8-17-2;;/h3-4,11,13,17H,5-10H2,1-2H3;2*1H. The molecule has 0 radical (unpaired) electrons. The summed E-state index contributed by atoms with van der Waals surface area (Å²) in [6.45, 7) is 4.66. The lowest BCUT2D eigenvalue weighted by molar-refractivity contribution is 0.0686. The van der Waals surface area contributed by atoms with E-state index in [2.05, 4.69) is 15.5 Å². The van der Waals surface area contributed by atoms with E-state index >= 15 is 0 Å². The summed E-state index contributed by atoms with van der Waals surface area (Å²) >= 11 is 0. The third-order valence-corrected chi connectivity index (χ3v) is 4.52. The Labute approximate surface area is 154 Å². The third-order valence-electron chi connectivity index (χ3n) is 4.52. The van der Waals surface area contributed by atoms with Gasteiger partial charge in [-0.05, 0) is 57.8 Å². The first-order valence-electron chi connectivity index (χ1n) is 7.94. The van der Waals surface area contributed by atoms with Crippen molar-refractivity contribution in [2.45, 2.75) is 26.2 Å². The van der Waals surface area contributed by atoms with Gasteiger partial charge in [0.2, 0.25) is 0 Å². The topological polar surface area (TPSA) is 62.5 Å². The number of halogens is 2. The molecule has 3 heterocycles. The van der Waals surface area contributed by atoms with Crippen molar-refractivity contribution in [2.24, 2.45) is 5.92 Å². The van der Waals surface area contributed by atoms with E-state index in [0.717, 1.165) is 49.9 Å². The summed E-state index contributed by atoms with van der Waals surface area (Å²) in [6, 6.07) is 3.70. The molecule has 1 saturated heterocycles. The first-order valence-corrected chi connectivity index (χ1v) is 7.94. The number of carbonyl (C=O) groups is 1. The number of hydrogen-bond acceptors (Lipinski definition) is 4. The molecule has 0 unspecified atom stereocenters. The Bertz CT molecular complexity index is 668. The van der Waals surface area contributed by atoms with Gasteiger partial charge in [0.15, 0.2) is 5.65 Å². The van der Waals surface area contributed by atoms with E-state index < -0.39 is 0 Å². The highest BCUT2D eigenvalue weighted by Gasteiger charge is 2.23. The average molecular weight is 374 g/mol. The van der Waals surface area contributed by atoms with Gasteiger partial charge in [-0.1, -0.05) is 0 Å². The first-order chi connectivity index (χ1) is 10.7. The van der Waals surface area contributed by atoms with Gasteiger partial charge < -0.3 is 10.2 Å². The molecular weight excluding hydrogens is 349 g/mol. The van der Waals surface area contributed by atoms with Gasteiger partial charge in [-0.25, -0.2) is 0 Å². The molecule has 134 valence electrons. The molecule has 2 aromatic rings. The number of rotatable bonds is 4. The van der Waals surface area contributed by atoms with Gasteiger partial charge >= 0.3 is 0 Å². The van der Waals surface area contributed by atoms with E-state index in [0.29, 0.717) is 5.56 Å². The van der Waals surface area contributed by atoms with Gasteiger partial charge in [-0.3, -0.25) is 9.20 Å². The highest BCUT2D eigenvalue weighted by atomic mass is 35.5. The lowest BCUT2D eigenvalue weighted by Gasteiger charge is -2.32. The predicted molar refractivity (Wildman–Crippen MR) is 99.4 cm³/mol. The Morgan fingerprint density at radius 3 is 2.62 bits per heavy atom. The summed E-state index contributed by atoms with van der Waals surface area (Å²) in [5, 5.41) is 11.3. The molecule has 8 heteroatoms. The number of nitrogens with one attached hydrogen (secondary N) is 1. The highest BCUT2D eigenvalue weighted by Crippen LogP contribution is 2.21. The van der Waals surface area contributed by atoms with Crippen molar-refractivity contribution in [3.05, 3.63) is 29.7 Å². The number of aryl methyl sites for hydroxylation is 1. The molecule has 1 amide bonds.